The SMILES string of the molecule is CCN(CC)S(=O)(=O)c1cccc(NC(=O)COC(=O)c2cc(C)no2)c1. The van der Waals surface area contributed by atoms with Gasteiger partial charge in [-0.25, -0.2) is 13.2 Å². The summed E-state index contributed by atoms with van der Waals surface area (Å²) in [6.45, 7) is 5.27. The molecule has 0 aliphatic carbocycles. The van der Waals surface area contributed by atoms with Crippen molar-refractivity contribution in [2.75, 3.05) is 25.0 Å². The highest BCUT2D eigenvalue weighted by Crippen LogP contribution is 2.19. The summed E-state index contributed by atoms with van der Waals surface area (Å²) in [5.74, 6) is -1.53. The number of ether oxygens (including phenoxy) is 1. The van der Waals surface area contributed by atoms with Crippen LogP contribution in [0.5, 0.6) is 0 Å². The molecule has 9 nitrogen and oxygen atoms in total. The number of rotatable bonds is 8. The van der Waals surface area contributed by atoms with Crippen LogP contribution in [0.25, 0.3) is 0 Å². The van der Waals surface area contributed by atoms with Crippen molar-refractivity contribution in [3.05, 3.63) is 41.8 Å². The lowest BCUT2D eigenvalue weighted by Crippen LogP contribution is -2.30. The second kappa shape index (κ2) is 8.78. The Hall–Kier alpha value is -2.72. The molecule has 0 unspecified atom stereocenters. The molecule has 2 aromatic rings. The van der Waals surface area contributed by atoms with E-state index in [4.69, 9.17) is 9.26 Å². The van der Waals surface area contributed by atoms with E-state index in [9.17, 15) is 18.0 Å². The van der Waals surface area contributed by atoms with Gasteiger partial charge in [-0.2, -0.15) is 4.31 Å². The van der Waals surface area contributed by atoms with Gasteiger partial charge in [0.2, 0.25) is 15.8 Å². The molecule has 0 spiro atoms. The van der Waals surface area contributed by atoms with Gasteiger partial charge in [0.25, 0.3) is 5.91 Å². The summed E-state index contributed by atoms with van der Waals surface area (Å²) in [5.41, 5.74) is 0.789. The van der Waals surface area contributed by atoms with Gasteiger partial charge in [-0.05, 0) is 25.1 Å². The normalized spacial score (nSPS) is 11.4. The van der Waals surface area contributed by atoms with Crippen LogP contribution in [0.1, 0.15) is 30.1 Å². The number of nitrogens with one attached hydrogen (secondary N) is 1. The standard InChI is InChI=1S/C17H21N3O6S/c1-4-20(5-2)27(23,24)14-8-6-7-13(10-14)18-16(21)11-25-17(22)15-9-12(3)19-26-15/h6-10H,4-5,11H2,1-3H3,(H,18,21). The monoisotopic (exact) mass is 395 g/mol. The van der Waals surface area contributed by atoms with E-state index in [1.807, 2.05) is 0 Å². The van der Waals surface area contributed by atoms with Crippen LogP contribution in [-0.2, 0) is 19.6 Å². The summed E-state index contributed by atoms with van der Waals surface area (Å²) in [7, 11) is -3.64. The Morgan fingerprint density at radius 3 is 2.52 bits per heavy atom. The first-order chi connectivity index (χ1) is 12.8. The minimum Gasteiger partial charge on any atom is -0.450 e. The van der Waals surface area contributed by atoms with E-state index in [2.05, 4.69) is 10.5 Å². The van der Waals surface area contributed by atoms with Crippen LogP contribution in [0.15, 0.2) is 39.8 Å². The van der Waals surface area contributed by atoms with Gasteiger partial charge < -0.3 is 14.6 Å². The van der Waals surface area contributed by atoms with Gasteiger partial charge >= 0.3 is 5.97 Å². The molecule has 0 bridgehead atoms. The van der Waals surface area contributed by atoms with Crippen molar-refractivity contribution in [3.8, 4) is 0 Å². The lowest BCUT2D eigenvalue weighted by molar-refractivity contribution is -0.119. The second-order valence-electron chi connectivity index (χ2n) is 5.57. The highest BCUT2D eigenvalue weighted by atomic mass is 32.2. The van der Waals surface area contributed by atoms with Gasteiger partial charge in [-0.3, -0.25) is 4.79 Å². The second-order valence-corrected chi connectivity index (χ2v) is 7.51. The van der Waals surface area contributed by atoms with Crippen LogP contribution in [0.4, 0.5) is 5.69 Å². The van der Waals surface area contributed by atoms with Crippen molar-refractivity contribution in [2.45, 2.75) is 25.7 Å². The molecule has 0 radical (unpaired) electrons. The minimum absolute atomic E-state index is 0.0677. The zero-order valence-corrected chi connectivity index (χ0v) is 16.1. The van der Waals surface area contributed by atoms with E-state index >= 15 is 0 Å². The van der Waals surface area contributed by atoms with E-state index in [1.165, 1.54) is 28.6 Å². The van der Waals surface area contributed by atoms with Crippen LogP contribution in [0.2, 0.25) is 0 Å². The largest absolute Gasteiger partial charge is 0.450 e. The van der Waals surface area contributed by atoms with Crippen molar-refractivity contribution in [3.63, 3.8) is 0 Å². The zero-order valence-electron chi connectivity index (χ0n) is 15.3. The first-order valence-corrected chi connectivity index (χ1v) is 9.72. The van der Waals surface area contributed by atoms with Crippen LogP contribution in [0, 0.1) is 6.92 Å². The van der Waals surface area contributed by atoms with Gasteiger partial charge in [0.15, 0.2) is 6.61 Å². The molecule has 1 aromatic heterocycles. The average Bonchev–Trinajstić information content (AvgIpc) is 3.07. The number of carbonyl (C=O) groups is 2. The number of carbonyl (C=O) groups excluding carboxylic acids is 2. The average molecular weight is 395 g/mol. The van der Waals surface area contributed by atoms with E-state index in [0.717, 1.165) is 0 Å². The van der Waals surface area contributed by atoms with Crippen molar-refractivity contribution in [2.24, 2.45) is 0 Å². The van der Waals surface area contributed by atoms with Crippen molar-refractivity contribution >= 4 is 27.6 Å². The number of hydrogen-bond acceptors (Lipinski definition) is 7. The number of sulfonamides is 1. The fraction of sp³-hybridized carbons (Fsp3) is 0.353. The number of anilines is 1. The molecule has 146 valence electrons. The Morgan fingerprint density at radius 2 is 1.93 bits per heavy atom. The van der Waals surface area contributed by atoms with E-state index in [0.29, 0.717) is 18.8 Å². The third kappa shape index (κ3) is 5.14. The zero-order chi connectivity index (χ0) is 20.0. The minimum atomic E-state index is -3.64. The maximum Gasteiger partial charge on any atom is 0.377 e. The highest BCUT2D eigenvalue weighted by molar-refractivity contribution is 7.89. The molecule has 0 atom stereocenters. The lowest BCUT2D eigenvalue weighted by atomic mass is 10.3. The number of benzene rings is 1. The third-order valence-electron chi connectivity index (χ3n) is 3.62. The maximum absolute atomic E-state index is 12.5. The number of hydrogen-bond donors (Lipinski definition) is 1. The molecule has 1 amide bonds. The first kappa shape index (κ1) is 20.6. The van der Waals surface area contributed by atoms with Gasteiger partial charge in [0.1, 0.15) is 0 Å². The predicted octanol–water partition coefficient (Wildman–Crippen LogP) is 1.81. The Balaban J connectivity index is 2.01. The number of aryl methyl sites for hydroxylation is 1. The quantitative estimate of drug-likeness (QED) is 0.677. The molecule has 0 aliphatic heterocycles. The topological polar surface area (TPSA) is 119 Å². The Bertz CT molecular complexity index is 918. The molecule has 0 fully saturated rings. The fourth-order valence-electron chi connectivity index (χ4n) is 2.31. The summed E-state index contributed by atoms with van der Waals surface area (Å²) in [4.78, 5) is 23.8. The smallest absolute Gasteiger partial charge is 0.377 e. The Morgan fingerprint density at radius 1 is 1.22 bits per heavy atom. The van der Waals surface area contributed by atoms with Crippen LogP contribution in [0.3, 0.4) is 0 Å². The molecule has 10 heteroatoms. The number of esters is 1. The summed E-state index contributed by atoms with van der Waals surface area (Å²) in [5, 5.41) is 6.05. The first-order valence-electron chi connectivity index (χ1n) is 8.28. The summed E-state index contributed by atoms with van der Waals surface area (Å²) < 4.78 is 36.0. The summed E-state index contributed by atoms with van der Waals surface area (Å²) in [6.07, 6.45) is 0. The molecule has 27 heavy (non-hydrogen) atoms. The molecule has 1 N–H and O–H groups in total. The molecule has 0 aliphatic rings. The Kier molecular flexibility index (Phi) is 6.70. The lowest BCUT2D eigenvalue weighted by Gasteiger charge is -2.18. The molecule has 1 heterocycles. The van der Waals surface area contributed by atoms with E-state index in [1.54, 1.807) is 26.8 Å². The van der Waals surface area contributed by atoms with Crippen molar-refractivity contribution < 1.29 is 27.3 Å². The summed E-state index contributed by atoms with van der Waals surface area (Å²) >= 11 is 0. The molecule has 0 saturated carbocycles. The number of amides is 1. The Labute approximate surface area is 157 Å². The summed E-state index contributed by atoms with van der Waals surface area (Å²) in [6, 6.07) is 7.26. The molecular formula is C17H21N3O6S. The third-order valence-corrected chi connectivity index (χ3v) is 5.67. The fourth-order valence-corrected chi connectivity index (χ4v) is 3.81. The van der Waals surface area contributed by atoms with Gasteiger partial charge in [-0.15, -0.1) is 0 Å². The van der Waals surface area contributed by atoms with Crippen molar-refractivity contribution in [1.29, 1.82) is 0 Å². The van der Waals surface area contributed by atoms with Crippen LogP contribution in [-0.4, -0.2) is 49.5 Å². The molecular weight excluding hydrogens is 374 g/mol. The predicted molar refractivity (Wildman–Crippen MR) is 96.7 cm³/mol. The van der Waals surface area contributed by atoms with E-state index < -0.39 is 28.5 Å². The molecule has 1 aromatic carbocycles. The molecule has 2 rings (SSSR count). The van der Waals surface area contributed by atoms with Gasteiger partial charge in [0, 0.05) is 24.8 Å². The van der Waals surface area contributed by atoms with E-state index in [-0.39, 0.29) is 16.3 Å². The highest BCUT2D eigenvalue weighted by Gasteiger charge is 2.22. The number of nitrogens with zero attached hydrogens (tertiary/aromatic N) is 2. The maximum atomic E-state index is 12.5. The van der Waals surface area contributed by atoms with Crippen LogP contribution < -0.4 is 5.32 Å². The van der Waals surface area contributed by atoms with Crippen molar-refractivity contribution in [1.82, 2.24) is 9.46 Å². The van der Waals surface area contributed by atoms with Gasteiger partial charge in [-0.1, -0.05) is 25.1 Å². The number of aromatic nitrogens is 1. The van der Waals surface area contributed by atoms with Crippen LogP contribution >= 0.6 is 0 Å². The molecule has 0 saturated heterocycles. The van der Waals surface area contributed by atoms with Gasteiger partial charge in [0.05, 0.1) is 10.6 Å².